The number of hydrogen-bond donors (Lipinski definition) is 2. The molecule has 0 radical (unpaired) electrons. The average molecular weight is 572 g/mol. The Morgan fingerprint density at radius 2 is 2.00 bits per heavy atom. The van der Waals surface area contributed by atoms with E-state index in [9.17, 15) is 14.7 Å². The van der Waals surface area contributed by atoms with Crippen LogP contribution < -0.4 is 20.5 Å². The number of amides is 1. The highest BCUT2D eigenvalue weighted by Crippen LogP contribution is 2.44. The molecule has 1 saturated heterocycles. The van der Waals surface area contributed by atoms with E-state index >= 15 is 0 Å². The highest BCUT2D eigenvalue weighted by molar-refractivity contribution is 9.10. The van der Waals surface area contributed by atoms with Gasteiger partial charge in [-0.15, -0.1) is 0 Å². The van der Waals surface area contributed by atoms with E-state index in [1.165, 1.54) is 0 Å². The summed E-state index contributed by atoms with van der Waals surface area (Å²) in [5, 5.41) is 14.0. The van der Waals surface area contributed by atoms with E-state index < -0.39 is 6.10 Å². The average Bonchev–Trinajstić information content (AvgIpc) is 3.02. The smallest absolute Gasteiger partial charge is 0.328 e. The molecule has 1 aromatic carbocycles. The number of likely N-dealkylation sites (tertiary alicyclic amines) is 1. The van der Waals surface area contributed by atoms with Crippen LogP contribution in [0.2, 0.25) is 5.02 Å². The molecule has 192 valence electrons. The van der Waals surface area contributed by atoms with E-state index in [1.807, 2.05) is 26.2 Å². The Bertz CT molecular complexity index is 1120. The van der Waals surface area contributed by atoms with Gasteiger partial charge in [0.1, 0.15) is 0 Å². The molecule has 2 N–H and O–H groups in total. The number of ether oxygens (including phenoxy) is 2. The number of benzene rings is 1. The maximum atomic E-state index is 13.0. The molecule has 35 heavy (non-hydrogen) atoms. The van der Waals surface area contributed by atoms with Gasteiger partial charge < -0.3 is 19.9 Å². The quantitative estimate of drug-likeness (QED) is 0.531. The van der Waals surface area contributed by atoms with Crippen molar-refractivity contribution in [3.63, 3.8) is 0 Å². The van der Waals surface area contributed by atoms with Crippen molar-refractivity contribution in [2.45, 2.75) is 45.4 Å². The summed E-state index contributed by atoms with van der Waals surface area (Å²) in [5.41, 5.74) is 0.305. The minimum Gasteiger partial charge on any atom is -0.489 e. The Kier molecular flexibility index (Phi) is 8.46. The molecule has 4 rings (SSSR count). The zero-order chi connectivity index (χ0) is 25.1. The van der Waals surface area contributed by atoms with Gasteiger partial charge in [-0.2, -0.15) is 0 Å². The molecule has 0 spiro atoms. The first-order valence-corrected chi connectivity index (χ1v) is 13.2. The van der Waals surface area contributed by atoms with Gasteiger partial charge in [-0.1, -0.05) is 11.6 Å². The Morgan fingerprint density at radius 3 is 2.69 bits per heavy atom. The standard InChI is InChI=1S/C24H32BrClN4O5/c1-15(2)30-9-8-29(24(30)33)7-6-28-5-4-16(19(31)14-28)13-27-23(32)17-12-18(26)20(25)22-21(17)34-10-3-11-35-22/h8-9,12,15-16,19,31H,3-7,10-11,13-14H2,1-2H3,(H,27,32)/t16-,19+/m0/s1. The van der Waals surface area contributed by atoms with Gasteiger partial charge in [0, 0.05) is 57.0 Å². The van der Waals surface area contributed by atoms with Gasteiger partial charge >= 0.3 is 5.69 Å². The number of nitrogens with zero attached hydrogens (tertiary/aromatic N) is 3. The Hall–Kier alpha value is -2.01. The largest absolute Gasteiger partial charge is 0.489 e. The monoisotopic (exact) mass is 570 g/mol. The number of piperidine rings is 1. The van der Waals surface area contributed by atoms with E-state index in [-0.39, 0.29) is 23.6 Å². The lowest BCUT2D eigenvalue weighted by molar-refractivity contribution is 0.0208. The molecule has 1 amide bonds. The summed E-state index contributed by atoms with van der Waals surface area (Å²) in [6.07, 6.45) is 4.49. The fourth-order valence-electron chi connectivity index (χ4n) is 4.48. The Labute approximate surface area is 218 Å². The molecule has 2 atom stereocenters. The molecule has 3 heterocycles. The van der Waals surface area contributed by atoms with Crippen LogP contribution in [0.3, 0.4) is 0 Å². The summed E-state index contributed by atoms with van der Waals surface area (Å²) in [5.74, 6) is 0.441. The van der Waals surface area contributed by atoms with Crippen LogP contribution in [0.5, 0.6) is 11.5 Å². The van der Waals surface area contributed by atoms with Crippen molar-refractivity contribution in [1.29, 1.82) is 0 Å². The molecule has 11 heteroatoms. The molecule has 1 fully saturated rings. The van der Waals surface area contributed by atoms with Crippen LogP contribution in [0.25, 0.3) is 0 Å². The molecule has 2 aliphatic heterocycles. The lowest BCUT2D eigenvalue weighted by atomic mass is 9.93. The number of aliphatic hydroxyl groups excluding tert-OH is 1. The summed E-state index contributed by atoms with van der Waals surface area (Å²) >= 11 is 9.72. The summed E-state index contributed by atoms with van der Waals surface area (Å²) in [4.78, 5) is 27.6. The lowest BCUT2D eigenvalue weighted by Gasteiger charge is -2.36. The highest BCUT2D eigenvalue weighted by atomic mass is 79.9. The van der Waals surface area contributed by atoms with Crippen LogP contribution in [-0.2, 0) is 6.54 Å². The van der Waals surface area contributed by atoms with Crippen LogP contribution in [0.4, 0.5) is 0 Å². The van der Waals surface area contributed by atoms with E-state index in [0.29, 0.717) is 72.4 Å². The van der Waals surface area contributed by atoms with Crippen molar-refractivity contribution >= 4 is 33.4 Å². The van der Waals surface area contributed by atoms with Crippen molar-refractivity contribution in [2.75, 3.05) is 39.4 Å². The zero-order valence-corrected chi connectivity index (χ0v) is 22.3. The van der Waals surface area contributed by atoms with Crippen molar-refractivity contribution < 1.29 is 19.4 Å². The second-order valence-electron chi connectivity index (χ2n) is 9.33. The van der Waals surface area contributed by atoms with Crippen LogP contribution in [0.1, 0.15) is 43.1 Å². The van der Waals surface area contributed by atoms with E-state index in [2.05, 4.69) is 26.1 Å². The summed E-state index contributed by atoms with van der Waals surface area (Å²) in [6.45, 7) is 7.77. The van der Waals surface area contributed by atoms with Gasteiger partial charge in [0.05, 0.1) is 34.4 Å². The number of fused-ring (bicyclic) bond motifs is 1. The van der Waals surface area contributed by atoms with E-state index in [4.69, 9.17) is 21.1 Å². The van der Waals surface area contributed by atoms with Crippen molar-refractivity contribution in [1.82, 2.24) is 19.4 Å². The predicted molar refractivity (Wildman–Crippen MR) is 137 cm³/mol. The molecule has 0 unspecified atom stereocenters. The highest BCUT2D eigenvalue weighted by Gasteiger charge is 2.29. The maximum absolute atomic E-state index is 13.0. The second-order valence-corrected chi connectivity index (χ2v) is 10.5. The summed E-state index contributed by atoms with van der Waals surface area (Å²) in [6, 6.07) is 1.70. The van der Waals surface area contributed by atoms with Gasteiger partial charge in [-0.3, -0.25) is 18.8 Å². The number of hydrogen-bond acceptors (Lipinski definition) is 6. The molecule has 0 saturated carbocycles. The van der Waals surface area contributed by atoms with E-state index in [0.717, 1.165) is 13.0 Å². The van der Waals surface area contributed by atoms with Crippen molar-refractivity contribution in [3.8, 4) is 11.5 Å². The van der Waals surface area contributed by atoms with Crippen LogP contribution >= 0.6 is 27.5 Å². The van der Waals surface area contributed by atoms with Crippen molar-refractivity contribution in [3.05, 3.63) is 44.0 Å². The molecule has 9 nitrogen and oxygen atoms in total. The van der Waals surface area contributed by atoms with Gasteiger partial charge in [0.2, 0.25) is 0 Å². The molecule has 2 aliphatic rings. The minimum atomic E-state index is -0.578. The number of rotatable bonds is 7. The number of aromatic nitrogens is 2. The first-order valence-electron chi connectivity index (χ1n) is 12.0. The molecule has 0 bridgehead atoms. The number of imidazole rings is 1. The number of carbonyl (C=O) groups is 1. The van der Waals surface area contributed by atoms with Gasteiger partial charge in [-0.25, -0.2) is 4.79 Å². The SMILES string of the molecule is CC(C)n1ccn(CCN2CC[C@@H](CNC(=O)c3cc(Cl)c(Br)c4c3OCCCO4)[C@H](O)C2)c1=O. The number of aliphatic hydroxyl groups is 1. The van der Waals surface area contributed by atoms with Gasteiger partial charge in [-0.05, 0) is 48.8 Å². The minimum absolute atomic E-state index is 0.0153. The summed E-state index contributed by atoms with van der Waals surface area (Å²) in [7, 11) is 0. The zero-order valence-electron chi connectivity index (χ0n) is 20.0. The van der Waals surface area contributed by atoms with Crippen LogP contribution in [-0.4, -0.2) is 70.5 Å². The summed E-state index contributed by atoms with van der Waals surface area (Å²) < 4.78 is 15.5. The van der Waals surface area contributed by atoms with Gasteiger partial charge in [0.25, 0.3) is 5.91 Å². The van der Waals surface area contributed by atoms with Crippen LogP contribution in [0.15, 0.2) is 27.7 Å². The number of carbonyl (C=O) groups excluding carboxylic acids is 1. The topological polar surface area (TPSA) is 98.0 Å². The van der Waals surface area contributed by atoms with Gasteiger partial charge in [0.15, 0.2) is 11.5 Å². The third-order valence-corrected chi connectivity index (χ3v) is 7.89. The fourth-order valence-corrected chi connectivity index (χ4v) is 5.08. The second kappa shape index (κ2) is 11.4. The molecule has 1 aromatic heterocycles. The Balaban J connectivity index is 1.31. The fraction of sp³-hybridized carbons (Fsp3) is 0.583. The first-order chi connectivity index (χ1) is 16.8. The Morgan fingerprint density at radius 1 is 1.26 bits per heavy atom. The van der Waals surface area contributed by atoms with Crippen molar-refractivity contribution in [2.24, 2.45) is 5.92 Å². The maximum Gasteiger partial charge on any atom is 0.328 e. The molecular weight excluding hydrogens is 540 g/mol. The third kappa shape index (κ3) is 5.87. The lowest BCUT2D eigenvalue weighted by Crippen LogP contribution is -2.48. The number of nitrogens with one attached hydrogen (secondary N) is 1. The molecule has 2 aromatic rings. The number of halogens is 2. The first kappa shape index (κ1) is 26.1. The number of β-amino-alcohol motifs (C(OH)–C–C–N with tert-alkyl or cyclic N) is 1. The third-order valence-electron chi connectivity index (χ3n) is 6.57. The molecular formula is C24H32BrClN4O5. The normalized spacial score (nSPS) is 20.6. The predicted octanol–water partition coefficient (Wildman–Crippen LogP) is 2.92. The van der Waals surface area contributed by atoms with Crippen LogP contribution in [0, 0.1) is 5.92 Å². The van der Waals surface area contributed by atoms with E-state index in [1.54, 1.807) is 15.2 Å². The molecule has 0 aliphatic carbocycles.